The minimum atomic E-state index is -0.712. The number of ether oxygens (including phenoxy) is 2. The molecule has 0 bridgehead atoms. The van der Waals surface area contributed by atoms with Crippen LogP contribution in [0, 0.1) is 5.92 Å². The van der Waals surface area contributed by atoms with Gasteiger partial charge in [-0.1, -0.05) is 5.57 Å². The van der Waals surface area contributed by atoms with Gasteiger partial charge in [-0.15, -0.1) is 0 Å². The summed E-state index contributed by atoms with van der Waals surface area (Å²) >= 11 is 0. The van der Waals surface area contributed by atoms with Crippen LogP contribution < -0.4 is 5.32 Å². The van der Waals surface area contributed by atoms with Crippen molar-refractivity contribution in [3.05, 3.63) is 34.6 Å². The number of carbonyl (C=O) groups excluding carboxylic acids is 2. The zero-order valence-corrected chi connectivity index (χ0v) is 12.6. The van der Waals surface area contributed by atoms with Crippen LogP contribution in [0.3, 0.4) is 0 Å². The van der Waals surface area contributed by atoms with Gasteiger partial charge in [0, 0.05) is 17.6 Å². The van der Waals surface area contributed by atoms with Gasteiger partial charge in [-0.25, -0.2) is 4.79 Å². The highest BCUT2D eigenvalue weighted by atomic mass is 16.7. The van der Waals surface area contributed by atoms with Crippen LogP contribution in [0.2, 0.25) is 0 Å². The molecular formula is C17H19NO4. The van der Waals surface area contributed by atoms with Gasteiger partial charge >= 0.3 is 5.97 Å². The highest BCUT2D eigenvalue weighted by Gasteiger charge is 2.45. The van der Waals surface area contributed by atoms with E-state index in [1.165, 1.54) is 30.2 Å². The largest absolute Gasteiger partial charge is 0.458 e. The van der Waals surface area contributed by atoms with Crippen LogP contribution in [0.1, 0.15) is 39.0 Å². The number of esters is 1. The molecule has 1 fully saturated rings. The molecule has 4 rings (SSSR count). The molecule has 0 aromatic carbocycles. The van der Waals surface area contributed by atoms with Gasteiger partial charge in [0.1, 0.15) is 0 Å². The molecule has 2 aliphatic heterocycles. The SMILES string of the molecule is CC1=CC(O/C=C2/C(=O)N[C@@H]3C4=C(CCCC4)C[C@H]23)OC1=O. The van der Waals surface area contributed by atoms with Crippen molar-refractivity contribution in [1.29, 1.82) is 0 Å². The molecule has 5 nitrogen and oxygen atoms in total. The molecule has 0 aromatic heterocycles. The first-order valence-corrected chi connectivity index (χ1v) is 7.90. The number of rotatable bonds is 2. The maximum atomic E-state index is 12.2. The molecule has 0 spiro atoms. The van der Waals surface area contributed by atoms with Gasteiger partial charge in [0.05, 0.1) is 17.9 Å². The minimum absolute atomic E-state index is 0.0582. The molecule has 0 radical (unpaired) electrons. The summed E-state index contributed by atoms with van der Waals surface area (Å²) in [6.45, 7) is 1.69. The molecule has 2 aliphatic carbocycles. The van der Waals surface area contributed by atoms with Gasteiger partial charge in [0.15, 0.2) is 0 Å². The second-order valence-electron chi connectivity index (χ2n) is 6.43. The number of allylic oxidation sites excluding steroid dienone is 1. The average molecular weight is 301 g/mol. The fraction of sp³-hybridized carbons (Fsp3) is 0.529. The van der Waals surface area contributed by atoms with Crippen molar-refractivity contribution in [2.45, 2.75) is 51.4 Å². The molecule has 22 heavy (non-hydrogen) atoms. The second kappa shape index (κ2) is 5.00. The monoisotopic (exact) mass is 301 g/mol. The Morgan fingerprint density at radius 3 is 2.91 bits per heavy atom. The minimum Gasteiger partial charge on any atom is -0.458 e. The van der Waals surface area contributed by atoms with E-state index in [9.17, 15) is 9.59 Å². The Bertz CT molecular complexity index is 643. The molecule has 5 heteroatoms. The summed E-state index contributed by atoms with van der Waals surface area (Å²) in [4.78, 5) is 23.5. The lowest BCUT2D eigenvalue weighted by atomic mass is 9.92. The zero-order valence-electron chi connectivity index (χ0n) is 12.6. The van der Waals surface area contributed by atoms with E-state index in [4.69, 9.17) is 9.47 Å². The van der Waals surface area contributed by atoms with Gasteiger partial charge in [-0.3, -0.25) is 4.79 Å². The number of amides is 1. The Morgan fingerprint density at radius 1 is 1.32 bits per heavy atom. The van der Waals surface area contributed by atoms with Crippen LogP contribution in [-0.2, 0) is 19.1 Å². The first kappa shape index (κ1) is 13.6. The van der Waals surface area contributed by atoms with E-state index in [0.29, 0.717) is 11.1 Å². The predicted octanol–water partition coefficient (Wildman–Crippen LogP) is 2.10. The Labute approximate surface area is 129 Å². The lowest BCUT2D eigenvalue weighted by molar-refractivity contribution is -0.152. The van der Waals surface area contributed by atoms with Crippen LogP contribution in [0.25, 0.3) is 0 Å². The number of carbonyl (C=O) groups is 2. The standard InChI is InChI=1S/C17H19NO4/c1-9-6-14(22-17(9)20)21-8-13-12-7-10-4-2-3-5-11(10)15(12)18-16(13)19/h6,8,12,14-15H,2-5,7H2,1H3,(H,18,19)/b13-8+/t12-,14?,15-/m1/s1. The summed E-state index contributed by atoms with van der Waals surface area (Å²) in [6, 6.07) is 0.154. The van der Waals surface area contributed by atoms with Crippen molar-refractivity contribution >= 4 is 11.9 Å². The topological polar surface area (TPSA) is 64.6 Å². The molecule has 0 aromatic rings. The summed E-state index contributed by atoms with van der Waals surface area (Å²) in [5.74, 6) is -0.245. The number of fused-ring (bicyclic) bond motifs is 2. The lowest BCUT2D eigenvalue weighted by Gasteiger charge is -2.18. The normalized spacial score (nSPS) is 35.2. The number of hydrogen-bond acceptors (Lipinski definition) is 4. The highest BCUT2D eigenvalue weighted by Crippen LogP contribution is 2.46. The molecule has 1 unspecified atom stereocenters. The average Bonchev–Trinajstić information content (AvgIpc) is 3.10. The molecule has 2 heterocycles. The predicted molar refractivity (Wildman–Crippen MR) is 78.3 cm³/mol. The molecule has 1 saturated heterocycles. The van der Waals surface area contributed by atoms with Crippen molar-refractivity contribution < 1.29 is 19.1 Å². The van der Waals surface area contributed by atoms with E-state index in [2.05, 4.69) is 5.32 Å². The van der Waals surface area contributed by atoms with Gasteiger partial charge in [-0.05, 0) is 44.6 Å². The van der Waals surface area contributed by atoms with E-state index < -0.39 is 6.29 Å². The Balaban J connectivity index is 1.50. The fourth-order valence-electron chi connectivity index (χ4n) is 3.95. The van der Waals surface area contributed by atoms with Crippen LogP contribution >= 0.6 is 0 Å². The smallest absolute Gasteiger partial charge is 0.336 e. The summed E-state index contributed by atoms with van der Waals surface area (Å²) in [7, 11) is 0. The van der Waals surface area contributed by atoms with Gasteiger partial charge in [0.25, 0.3) is 12.2 Å². The molecule has 3 atom stereocenters. The maximum absolute atomic E-state index is 12.2. The second-order valence-corrected chi connectivity index (χ2v) is 6.43. The maximum Gasteiger partial charge on any atom is 0.336 e. The van der Waals surface area contributed by atoms with E-state index in [1.54, 1.807) is 13.0 Å². The third-order valence-corrected chi connectivity index (χ3v) is 5.08. The number of hydrogen-bond donors (Lipinski definition) is 1. The Kier molecular flexibility index (Phi) is 3.10. The third kappa shape index (κ3) is 2.07. The van der Waals surface area contributed by atoms with Crippen LogP contribution in [-0.4, -0.2) is 24.2 Å². The van der Waals surface area contributed by atoms with Gasteiger partial charge in [-0.2, -0.15) is 0 Å². The van der Waals surface area contributed by atoms with E-state index in [-0.39, 0.29) is 23.8 Å². The zero-order chi connectivity index (χ0) is 15.3. The summed E-state index contributed by atoms with van der Waals surface area (Å²) in [6.07, 6.45) is 8.09. The van der Waals surface area contributed by atoms with Crippen molar-refractivity contribution in [2.75, 3.05) is 0 Å². The number of cyclic esters (lactones) is 1. The third-order valence-electron chi connectivity index (χ3n) is 5.08. The van der Waals surface area contributed by atoms with Crippen LogP contribution in [0.15, 0.2) is 34.6 Å². The highest BCUT2D eigenvalue weighted by molar-refractivity contribution is 5.97. The van der Waals surface area contributed by atoms with Crippen LogP contribution in [0.5, 0.6) is 0 Å². The Morgan fingerprint density at radius 2 is 2.14 bits per heavy atom. The van der Waals surface area contributed by atoms with Gasteiger partial charge < -0.3 is 14.8 Å². The van der Waals surface area contributed by atoms with Crippen molar-refractivity contribution in [1.82, 2.24) is 5.32 Å². The number of nitrogens with one attached hydrogen (secondary N) is 1. The van der Waals surface area contributed by atoms with Crippen molar-refractivity contribution in [2.24, 2.45) is 5.92 Å². The molecular weight excluding hydrogens is 282 g/mol. The summed E-state index contributed by atoms with van der Waals surface area (Å²) in [5.41, 5.74) is 4.18. The van der Waals surface area contributed by atoms with Gasteiger partial charge in [0.2, 0.25) is 0 Å². The van der Waals surface area contributed by atoms with Crippen LogP contribution in [0.4, 0.5) is 0 Å². The molecule has 1 N–H and O–H groups in total. The van der Waals surface area contributed by atoms with E-state index in [0.717, 1.165) is 19.3 Å². The molecule has 4 aliphatic rings. The molecule has 116 valence electrons. The van der Waals surface area contributed by atoms with E-state index in [1.807, 2.05) is 0 Å². The summed E-state index contributed by atoms with van der Waals surface area (Å²) < 4.78 is 10.5. The lowest BCUT2D eigenvalue weighted by Crippen LogP contribution is -2.28. The first-order chi connectivity index (χ1) is 10.6. The van der Waals surface area contributed by atoms with E-state index >= 15 is 0 Å². The quantitative estimate of drug-likeness (QED) is 0.367. The first-order valence-electron chi connectivity index (χ1n) is 7.90. The molecule has 0 saturated carbocycles. The van der Waals surface area contributed by atoms with Crippen molar-refractivity contribution in [3.8, 4) is 0 Å². The van der Waals surface area contributed by atoms with Crippen molar-refractivity contribution in [3.63, 3.8) is 0 Å². The molecule has 1 amide bonds. The summed E-state index contributed by atoms with van der Waals surface area (Å²) in [5, 5.41) is 3.09. The fourth-order valence-corrected chi connectivity index (χ4v) is 3.95. The Hall–Kier alpha value is -2.04.